The second kappa shape index (κ2) is 13.0. The Morgan fingerprint density at radius 2 is 1.49 bits per heavy atom. The minimum atomic E-state index is -5.05. The highest BCUT2D eigenvalue weighted by Gasteiger charge is 2.54. The van der Waals surface area contributed by atoms with Gasteiger partial charge in [0.15, 0.2) is 15.1 Å². The minimum absolute atomic E-state index is 0.0144. The third-order valence-electron chi connectivity index (χ3n) is 7.85. The molecule has 4 aromatic carbocycles. The zero-order chi connectivity index (χ0) is 32.6. The molecule has 13 heteroatoms. The first-order chi connectivity index (χ1) is 21.2. The molecule has 1 fully saturated rings. The molecule has 0 aromatic heterocycles. The molecular weight excluding hydrogens is 700 g/mol. The summed E-state index contributed by atoms with van der Waals surface area (Å²) in [5.74, 6) is -3.38. The lowest BCUT2D eigenvalue weighted by atomic mass is 9.95. The van der Waals surface area contributed by atoms with Gasteiger partial charge in [0.25, 0.3) is 0 Å². The van der Waals surface area contributed by atoms with Crippen LogP contribution in [0.1, 0.15) is 28.2 Å². The number of alkyl halides is 3. The van der Waals surface area contributed by atoms with Crippen LogP contribution in [-0.4, -0.2) is 48.1 Å². The molecule has 5 rings (SSSR count). The summed E-state index contributed by atoms with van der Waals surface area (Å²) < 4.78 is 118. The molecule has 3 atom stereocenters. The Morgan fingerprint density at radius 1 is 0.844 bits per heavy atom. The Balaban J connectivity index is 1.47. The van der Waals surface area contributed by atoms with E-state index in [1.807, 2.05) is 35.2 Å². The van der Waals surface area contributed by atoms with Gasteiger partial charge in [0.1, 0.15) is 17.5 Å². The number of ether oxygens (including phenoxy) is 1. The van der Waals surface area contributed by atoms with Crippen LogP contribution in [0.4, 0.5) is 26.3 Å². The van der Waals surface area contributed by atoms with Crippen LogP contribution in [0.25, 0.3) is 0 Å². The molecule has 1 saturated heterocycles. The first kappa shape index (κ1) is 33.4. The molecule has 1 aliphatic rings. The summed E-state index contributed by atoms with van der Waals surface area (Å²) in [7, 11) is -1.33. The number of hydrogen-bond acceptors (Lipinski definition) is 4. The zero-order valence-corrected chi connectivity index (χ0v) is 26.8. The first-order valence-corrected chi connectivity index (χ1v) is 16.5. The van der Waals surface area contributed by atoms with Crippen LogP contribution in [0.3, 0.4) is 0 Å². The molecule has 0 bridgehead atoms. The third kappa shape index (κ3) is 6.92. The number of hydrogen-bond donors (Lipinski definition) is 0. The van der Waals surface area contributed by atoms with Crippen LogP contribution in [0, 0.1) is 17.5 Å². The number of halogens is 7. The summed E-state index contributed by atoms with van der Waals surface area (Å²) >= 11 is 3.04. The van der Waals surface area contributed by atoms with Gasteiger partial charge in [0.05, 0.1) is 31.5 Å². The summed E-state index contributed by atoms with van der Waals surface area (Å²) in [6.45, 7) is -0.177. The number of sulfone groups is 1. The molecule has 1 aliphatic heterocycles. The lowest BCUT2D eigenvalue weighted by molar-refractivity contribution is -0.251. The molecule has 3 radical (unpaired) electrons. The van der Waals surface area contributed by atoms with E-state index in [1.54, 1.807) is 0 Å². The van der Waals surface area contributed by atoms with Gasteiger partial charge in [-0.05, 0) is 63.0 Å². The Bertz CT molecular complexity index is 1760. The fourth-order valence-electron chi connectivity index (χ4n) is 5.43. The summed E-state index contributed by atoms with van der Waals surface area (Å²) in [5, 5.41) is -4.12. The summed E-state index contributed by atoms with van der Waals surface area (Å²) in [6, 6.07) is 20.8. The molecule has 0 saturated carbocycles. The lowest BCUT2D eigenvalue weighted by Gasteiger charge is -2.33. The predicted octanol–water partition coefficient (Wildman–Crippen LogP) is 7.41. The van der Waals surface area contributed by atoms with E-state index in [9.17, 15) is 34.8 Å². The van der Waals surface area contributed by atoms with Crippen molar-refractivity contribution in [2.45, 2.75) is 40.6 Å². The van der Waals surface area contributed by atoms with Crippen LogP contribution in [-0.2, 0) is 33.0 Å². The Hall–Kier alpha value is -2.97. The van der Waals surface area contributed by atoms with Gasteiger partial charge in [0.2, 0.25) is 0 Å². The maximum atomic E-state index is 14.3. The van der Waals surface area contributed by atoms with Crippen molar-refractivity contribution in [3.63, 3.8) is 0 Å². The van der Waals surface area contributed by atoms with Crippen LogP contribution in [0.15, 0.2) is 100 Å². The van der Waals surface area contributed by atoms with E-state index >= 15 is 0 Å². The molecule has 0 amide bonds. The van der Waals surface area contributed by atoms with Gasteiger partial charge in [0, 0.05) is 31.1 Å². The average molecular weight is 726 g/mol. The van der Waals surface area contributed by atoms with Gasteiger partial charge >= 0.3 is 6.18 Å². The molecule has 4 nitrogen and oxygen atoms in total. The fraction of sp³-hybridized carbons (Fsp3) is 0.250. The van der Waals surface area contributed by atoms with Crippen molar-refractivity contribution < 1.29 is 39.5 Å². The number of nitrogens with zero attached hydrogens (tertiary/aromatic N) is 1. The van der Waals surface area contributed by atoms with Crippen LogP contribution in [0.5, 0.6) is 0 Å². The molecule has 0 N–H and O–H groups in total. The van der Waals surface area contributed by atoms with Crippen molar-refractivity contribution >= 4 is 36.0 Å². The predicted molar refractivity (Wildman–Crippen MR) is 161 cm³/mol. The molecule has 0 spiro atoms. The van der Waals surface area contributed by atoms with Crippen LogP contribution >= 0.6 is 15.9 Å². The average Bonchev–Trinajstić information content (AvgIpc) is 3.43. The van der Waals surface area contributed by atoms with Gasteiger partial charge in [-0.25, -0.2) is 21.6 Å². The monoisotopic (exact) mass is 724 g/mol. The van der Waals surface area contributed by atoms with E-state index in [0.29, 0.717) is 12.1 Å². The molecule has 235 valence electrons. The highest BCUT2D eigenvalue weighted by Crippen LogP contribution is 2.42. The van der Waals surface area contributed by atoms with E-state index in [2.05, 4.69) is 26.2 Å². The van der Waals surface area contributed by atoms with Crippen molar-refractivity contribution in [3.8, 4) is 0 Å². The maximum Gasteiger partial charge on any atom is 0.417 e. The fourth-order valence-corrected chi connectivity index (χ4v) is 8.17. The Labute approximate surface area is 268 Å². The summed E-state index contributed by atoms with van der Waals surface area (Å²) in [5.41, 5.74) is 0.339. The van der Waals surface area contributed by atoms with Gasteiger partial charge < -0.3 is 4.74 Å². The van der Waals surface area contributed by atoms with Crippen molar-refractivity contribution in [2.24, 2.45) is 0 Å². The zero-order valence-electron chi connectivity index (χ0n) is 23.4. The lowest BCUT2D eigenvalue weighted by Crippen LogP contribution is -2.45. The second-order valence-corrected chi connectivity index (χ2v) is 14.5. The van der Waals surface area contributed by atoms with E-state index in [1.165, 1.54) is 24.3 Å². The largest absolute Gasteiger partial charge is 0.417 e. The highest BCUT2D eigenvalue weighted by molar-refractivity contribution is 9.10. The summed E-state index contributed by atoms with van der Waals surface area (Å²) in [6.07, 6.45) is -5.05. The van der Waals surface area contributed by atoms with Crippen LogP contribution in [0.2, 0.25) is 0 Å². The van der Waals surface area contributed by atoms with Crippen molar-refractivity contribution in [1.82, 2.24) is 4.90 Å². The number of rotatable bonds is 9. The maximum absolute atomic E-state index is 14.3. The van der Waals surface area contributed by atoms with E-state index < -0.39 is 67.6 Å². The van der Waals surface area contributed by atoms with Gasteiger partial charge in [-0.3, -0.25) is 4.90 Å². The van der Waals surface area contributed by atoms with E-state index in [4.69, 9.17) is 4.74 Å². The standard InChI is InChI=1S/C32H25BrF6NO3SSi/c33-26-15-23(13-14-29(26)36)44(41,42)30-18-40(16-20-5-2-1-3-6-20)17-24(30)21-9-11-22(12-10-21)31(45,32(37,38)39)43-19-25-27(34)7-4-8-28(25)35/h1-15,24,30H,16-19H2/t24-,30-,31+/m0/s1. The van der Waals surface area contributed by atoms with Crippen LogP contribution < -0.4 is 0 Å². The molecule has 0 unspecified atom stereocenters. The molecule has 45 heavy (non-hydrogen) atoms. The van der Waals surface area contributed by atoms with Crippen molar-refractivity contribution in [2.75, 3.05) is 13.1 Å². The normalized spacial score (nSPS) is 19.0. The Morgan fingerprint density at radius 3 is 2.09 bits per heavy atom. The second-order valence-electron chi connectivity index (χ2n) is 10.7. The Kier molecular flexibility index (Phi) is 9.67. The third-order valence-corrected chi connectivity index (χ3v) is 11.4. The molecule has 0 aliphatic carbocycles. The minimum Gasteiger partial charge on any atom is -0.361 e. The quantitative estimate of drug-likeness (QED) is 0.103. The number of likely N-dealkylation sites (tertiary alicyclic amines) is 1. The SMILES string of the molecule is O=S(=O)(c1ccc(F)c(Br)c1)[C@H]1CN(Cc2ccccc2)C[C@H]1c1ccc([C@]([Si])(OCc2c(F)cccc2F)C(F)(F)F)cc1. The number of benzene rings is 4. The topological polar surface area (TPSA) is 46.6 Å². The van der Waals surface area contributed by atoms with Gasteiger partial charge in [-0.1, -0.05) is 60.7 Å². The van der Waals surface area contributed by atoms with E-state index in [0.717, 1.165) is 42.0 Å². The first-order valence-electron chi connectivity index (χ1n) is 13.6. The van der Waals surface area contributed by atoms with Gasteiger partial charge in [-0.2, -0.15) is 13.2 Å². The van der Waals surface area contributed by atoms with Crippen molar-refractivity contribution in [3.05, 3.63) is 135 Å². The molecule has 4 aromatic rings. The van der Waals surface area contributed by atoms with Crippen molar-refractivity contribution in [1.29, 1.82) is 0 Å². The van der Waals surface area contributed by atoms with E-state index in [-0.39, 0.29) is 22.5 Å². The smallest absolute Gasteiger partial charge is 0.361 e. The van der Waals surface area contributed by atoms with Gasteiger partial charge in [-0.15, -0.1) is 0 Å². The molecule has 1 heterocycles. The highest BCUT2D eigenvalue weighted by atomic mass is 79.9. The summed E-state index contributed by atoms with van der Waals surface area (Å²) in [4.78, 5) is 1.86. The molecular formula is C32H25BrF6NO3SSi.